The molecule has 1 aromatic carbocycles. The van der Waals surface area contributed by atoms with Gasteiger partial charge in [-0.25, -0.2) is 0 Å². The number of aryl methyl sites for hydroxylation is 1. The van der Waals surface area contributed by atoms with Gasteiger partial charge in [-0.15, -0.1) is 0 Å². The Morgan fingerprint density at radius 3 is 2.88 bits per heavy atom. The Morgan fingerprint density at radius 2 is 2.15 bits per heavy atom. The quantitative estimate of drug-likeness (QED) is 0.748. The maximum absolute atomic E-state index is 12.5. The predicted octanol–water partition coefficient (Wildman–Crippen LogP) is 1.22. The van der Waals surface area contributed by atoms with Crippen molar-refractivity contribution >= 4 is 11.8 Å². The van der Waals surface area contributed by atoms with Crippen LogP contribution in [0.3, 0.4) is 0 Å². The first kappa shape index (κ1) is 17.7. The number of amides is 2. The van der Waals surface area contributed by atoms with Crippen molar-refractivity contribution in [2.24, 2.45) is 5.73 Å². The van der Waals surface area contributed by atoms with Crippen LogP contribution < -0.4 is 21.3 Å². The van der Waals surface area contributed by atoms with Gasteiger partial charge in [0.2, 0.25) is 5.91 Å². The van der Waals surface area contributed by atoms with Crippen molar-refractivity contribution < 1.29 is 14.3 Å². The number of hydrogen-bond donors (Lipinski definition) is 3. The minimum absolute atomic E-state index is 0.0855. The number of benzene rings is 1. The largest absolute Gasteiger partial charge is 0.497 e. The Kier molecular flexibility index (Phi) is 5.06. The third-order valence-corrected chi connectivity index (χ3v) is 4.55. The summed E-state index contributed by atoms with van der Waals surface area (Å²) in [5.74, 6) is -0.217. The van der Waals surface area contributed by atoms with Crippen LogP contribution in [-0.4, -0.2) is 23.9 Å². The molecule has 1 unspecified atom stereocenters. The molecule has 0 spiro atoms. The van der Waals surface area contributed by atoms with E-state index in [0.29, 0.717) is 12.2 Å². The fourth-order valence-corrected chi connectivity index (χ4v) is 3.29. The van der Waals surface area contributed by atoms with Gasteiger partial charge in [0.05, 0.1) is 19.6 Å². The highest BCUT2D eigenvalue weighted by Crippen LogP contribution is 2.28. The smallest absolute Gasteiger partial charge is 0.261 e. The lowest BCUT2D eigenvalue weighted by molar-refractivity contribution is -0.121. The molecule has 1 atom stereocenters. The molecule has 0 radical (unpaired) electrons. The topological polar surface area (TPSA) is 114 Å². The predicted molar refractivity (Wildman–Crippen MR) is 96.1 cm³/mol. The molecule has 1 heterocycles. The van der Waals surface area contributed by atoms with Gasteiger partial charge in [-0.2, -0.15) is 0 Å². The van der Waals surface area contributed by atoms with E-state index in [9.17, 15) is 14.4 Å². The Balaban J connectivity index is 1.79. The van der Waals surface area contributed by atoms with Crippen molar-refractivity contribution in [1.82, 2.24) is 10.3 Å². The molecule has 7 nitrogen and oxygen atoms in total. The van der Waals surface area contributed by atoms with Gasteiger partial charge in [-0.05, 0) is 48.6 Å². The highest BCUT2D eigenvalue weighted by Gasteiger charge is 2.24. The van der Waals surface area contributed by atoms with E-state index >= 15 is 0 Å². The van der Waals surface area contributed by atoms with Crippen LogP contribution in [0.4, 0.5) is 0 Å². The Hall–Kier alpha value is -3.09. The molecule has 136 valence electrons. The normalized spacial score (nSPS) is 15.8. The highest BCUT2D eigenvalue weighted by atomic mass is 16.5. The van der Waals surface area contributed by atoms with Crippen molar-refractivity contribution in [2.75, 3.05) is 7.11 Å². The number of aromatic nitrogens is 1. The van der Waals surface area contributed by atoms with Crippen LogP contribution in [0.2, 0.25) is 0 Å². The summed E-state index contributed by atoms with van der Waals surface area (Å²) < 4.78 is 5.17. The summed E-state index contributed by atoms with van der Waals surface area (Å²) in [5, 5.41) is 2.99. The first-order chi connectivity index (χ1) is 12.5. The summed E-state index contributed by atoms with van der Waals surface area (Å²) in [4.78, 5) is 38.5. The van der Waals surface area contributed by atoms with Crippen LogP contribution >= 0.6 is 0 Å². The summed E-state index contributed by atoms with van der Waals surface area (Å²) in [5.41, 5.74) is 7.04. The number of fused-ring (bicyclic) bond motifs is 1. The second-order valence-electron chi connectivity index (χ2n) is 6.35. The number of primary amides is 1. The highest BCUT2D eigenvalue weighted by molar-refractivity contribution is 5.92. The Labute approximate surface area is 150 Å². The van der Waals surface area contributed by atoms with Crippen molar-refractivity contribution in [3.8, 4) is 5.75 Å². The number of aromatic amines is 1. The first-order valence-electron chi connectivity index (χ1n) is 8.46. The molecule has 26 heavy (non-hydrogen) atoms. The van der Waals surface area contributed by atoms with E-state index in [2.05, 4.69) is 10.3 Å². The maximum Gasteiger partial charge on any atom is 0.261 e. The zero-order valence-corrected chi connectivity index (χ0v) is 14.5. The van der Waals surface area contributed by atoms with Crippen molar-refractivity contribution in [1.29, 1.82) is 0 Å². The standard InChI is InChI=1S/C19H21N3O4/c1-26-12-5-2-4-11(8-12)9-17(23)21-15-6-3-7-16-13(15)10-14(18(20)24)19(25)22-16/h2,4-5,8,10,15H,3,6-7,9H2,1H3,(H2,20,24)(H,21,23)(H,22,25). The zero-order valence-electron chi connectivity index (χ0n) is 14.5. The molecule has 1 aromatic heterocycles. The minimum Gasteiger partial charge on any atom is -0.497 e. The van der Waals surface area contributed by atoms with E-state index in [1.54, 1.807) is 7.11 Å². The molecule has 0 bridgehead atoms. The molecular weight excluding hydrogens is 334 g/mol. The van der Waals surface area contributed by atoms with E-state index in [-0.39, 0.29) is 23.9 Å². The molecule has 1 aliphatic carbocycles. The lowest BCUT2D eigenvalue weighted by Gasteiger charge is -2.26. The minimum atomic E-state index is -0.777. The fraction of sp³-hybridized carbons (Fsp3) is 0.316. The molecule has 0 saturated carbocycles. The lowest BCUT2D eigenvalue weighted by Crippen LogP contribution is -2.34. The van der Waals surface area contributed by atoms with E-state index in [0.717, 1.165) is 29.7 Å². The second kappa shape index (κ2) is 7.43. The van der Waals surface area contributed by atoms with Gasteiger partial charge in [0, 0.05) is 5.69 Å². The van der Waals surface area contributed by atoms with Crippen LogP contribution in [0.15, 0.2) is 35.1 Å². The number of ether oxygens (including phenoxy) is 1. The number of pyridine rings is 1. The average Bonchev–Trinajstić information content (AvgIpc) is 2.61. The summed E-state index contributed by atoms with van der Waals surface area (Å²) in [6.45, 7) is 0. The fourth-order valence-electron chi connectivity index (χ4n) is 3.29. The van der Waals surface area contributed by atoms with Crippen LogP contribution in [-0.2, 0) is 17.6 Å². The number of rotatable bonds is 5. The number of methoxy groups -OCH3 is 1. The number of nitrogens with one attached hydrogen (secondary N) is 2. The summed E-state index contributed by atoms with van der Waals surface area (Å²) in [6.07, 6.45) is 2.49. The van der Waals surface area contributed by atoms with Crippen LogP contribution in [0, 0.1) is 0 Å². The van der Waals surface area contributed by atoms with Crippen LogP contribution in [0.5, 0.6) is 5.75 Å². The van der Waals surface area contributed by atoms with Gasteiger partial charge in [-0.3, -0.25) is 14.4 Å². The van der Waals surface area contributed by atoms with Gasteiger partial charge in [-0.1, -0.05) is 12.1 Å². The number of H-pyrrole nitrogens is 1. The molecular formula is C19H21N3O4. The van der Waals surface area contributed by atoms with Gasteiger partial charge in [0.25, 0.3) is 11.5 Å². The van der Waals surface area contributed by atoms with Crippen molar-refractivity contribution in [3.05, 3.63) is 63.1 Å². The Morgan fingerprint density at radius 1 is 1.35 bits per heavy atom. The third-order valence-electron chi connectivity index (χ3n) is 4.55. The molecule has 0 saturated heterocycles. The Bertz CT molecular complexity index is 904. The lowest BCUT2D eigenvalue weighted by atomic mass is 9.90. The second-order valence-corrected chi connectivity index (χ2v) is 6.35. The number of carbonyl (C=O) groups is 2. The zero-order chi connectivity index (χ0) is 18.7. The van der Waals surface area contributed by atoms with Crippen molar-refractivity contribution in [2.45, 2.75) is 31.7 Å². The summed E-state index contributed by atoms with van der Waals surface area (Å²) in [7, 11) is 1.58. The number of carbonyl (C=O) groups excluding carboxylic acids is 2. The third kappa shape index (κ3) is 3.77. The van der Waals surface area contributed by atoms with Crippen LogP contribution in [0.1, 0.15) is 46.1 Å². The number of hydrogen-bond acceptors (Lipinski definition) is 4. The van der Waals surface area contributed by atoms with Gasteiger partial charge in [0.1, 0.15) is 11.3 Å². The summed E-state index contributed by atoms with van der Waals surface area (Å²) >= 11 is 0. The molecule has 3 rings (SSSR count). The molecule has 0 aliphatic heterocycles. The monoisotopic (exact) mass is 355 g/mol. The molecule has 7 heteroatoms. The van der Waals surface area contributed by atoms with Crippen molar-refractivity contribution in [3.63, 3.8) is 0 Å². The maximum atomic E-state index is 12.5. The van der Waals surface area contributed by atoms with Gasteiger partial charge >= 0.3 is 0 Å². The van der Waals surface area contributed by atoms with Gasteiger partial charge < -0.3 is 20.8 Å². The summed E-state index contributed by atoms with van der Waals surface area (Å²) in [6, 6.07) is 8.58. The molecule has 1 aliphatic rings. The molecule has 0 fully saturated rings. The van der Waals surface area contributed by atoms with E-state index in [1.165, 1.54) is 6.07 Å². The molecule has 2 amide bonds. The van der Waals surface area contributed by atoms with E-state index in [1.807, 2.05) is 24.3 Å². The average molecular weight is 355 g/mol. The first-order valence-corrected chi connectivity index (χ1v) is 8.46. The molecule has 4 N–H and O–H groups in total. The number of nitrogens with two attached hydrogens (primary N) is 1. The SMILES string of the molecule is COc1cccc(CC(=O)NC2CCCc3[nH]c(=O)c(C(N)=O)cc32)c1. The van der Waals surface area contributed by atoms with Crippen LogP contribution in [0.25, 0.3) is 0 Å². The van der Waals surface area contributed by atoms with Gasteiger partial charge in [0.15, 0.2) is 0 Å². The van der Waals surface area contributed by atoms with E-state index < -0.39 is 11.5 Å². The van der Waals surface area contributed by atoms with E-state index in [4.69, 9.17) is 10.5 Å². The molecule has 2 aromatic rings.